The van der Waals surface area contributed by atoms with E-state index >= 15 is 0 Å². The molecule has 1 aromatic carbocycles. The Morgan fingerprint density at radius 1 is 1.13 bits per heavy atom. The van der Waals surface area contributed by atoms with E-state index in [1.165, 1.54) is 24.0 Å². The summed E-state index contributed by atoms with van der Waals surface area (Å²) in [6.45, 7) is 1.10. The Hall–Kier alpha value is -2.24. The summed E-state index contributed by atoms with van der Waals surface area (Å²) in [6, 6.07) is 15.0. The zero-order chi connectivity index (χ0) is 15.5. The van der Waals surface area contributed by atoms with Crippen molar-refractivity contribution < 1.29 is 0 Å². The van der Waals surface area contributed by atoms with Gasteiger partial charge in [-0.3, -0.25) is 0 Å². The highest BCUT2D eigenvalue weighted by Gasteiger charge is 2.16. The van der Waals surface area contributed by atoms with E-state index in [2.05, 4.69) is 44.9 Å². The van der Waals surface area contributed by atoms with Crippen LogP contribution in [0.15, 0.2) is 54.9 Å². The maximum atomic E-state index is 4.47. The zero-order valence-corrected chi connectivity index (χ0v) is 13.5. The van der Waals surface area contributed by atoms with E-state index in [0.29, 0.717) is 6.04 Å². The molecule has 23 heavy (non-hydrogen) atoms. The van der Waals surface area contributed by atoms with Crippen molar-refractivity contribution in [2.24, 2.45) is 0 Å². The molecule has 1 aliphatic rings. The minimum Gasteiger partial charge on any atom is -0.316 e. The molecule has 116 valence electrons. The average Bonchev–Trinajstić information content (AvgIpc) is 3.28. The van der Waals surface area contributed by atoms with Crippen LogP contribution in [0, 0.1) is 0 Å². The molecule has 1 aliphatic heterocycles. The van der Waals surface area contributed by atoms with Crippen molar-refractivity contribution in [3.63, 3.8) is 0 Å². The molecule has 2 N–H and O–H groups in total. The molecule has 0 radical (unpaired) electrons. The van der Waals surface area contributed by atoms with Crippen molar-refractivity contribution in [3.8, 4) is 10.4 Å². The van der Waals surface area contributed by atoms with Gasteiger partial charge in [0.05, 0.1) is 4.88 Å². The Bertz CT molecular complexity index is 778. The van der Waals surface area contributed by atoms with Gasteiger partial charge >= 0.3 is 0 Å². The Balaban J connectivity index is 1.52. The third-order valence-corrected chi connectivity index (χ3v) is 5.01. The normalized spacial score (nSPS) is 17.3. The third kappa shape index (κ3) is 3.25. The van der Waals surface area contributed by atoms with E-state index < -0.39 is 0 Å². The lowest BCUT2D eigenvalue weighted by Gasteiger charge is -2.11. The molecular weight excluding hydrogens is 304 g/mol. The van der Waals surface area contributed by atoms with E-state index in [9.17, 15) is 0 Å². The van der Waals surface area contributed by atoms with Gasteiger partial charge in [-0.25, -0.2) is 9.97 Å². The summed E-state index contributed by atoms with van der Waals surface area (Å²) in [5.74, 6) is 0.852. The van der Waals surface area contributed by atoms with Crippen LogP contribution in [0.1, 0.15) is 24.4 Å². The van der Waals surface area contributed by atoms with E-state index in [-0.39, 0.29) is 0 Å². The molecular formula is C18H18N4S. The summed E-state index contributed by atoms with van der Waals surface area (Å²) in [5, 5.41) is 7.72. The fourth-order valence-corrected chi connectivity index (χ4v) is 3.71. The number of aromatic nitrogens is 2. The molecule has 3 heterocycles. The van der Waals surface area contributed by atoms with Crippen LogP contribution in [0.25, 0.3) is 10.4 Å². The first-order valence-electron chi connectivity index (χ1n) is 7.86. The summed E-state index contributed by atoms with van der Waals surface area (Å²) in [5.41, 5.74) is 2.48. The summed E-state index contributed by atoms with van der Waals surface area (Å²) in [4.78, 5) is 10.0. The Kier molecular flexibility index (Phi) is 4.05. The number of hydrogen-bond acceptors (Lipinski definition) is 5. The summed E-state index contributed by atoms with van der Waals surface area (Å²) in [7, 11) is 0. The van der Waals surface area contributed by atoms with Crippen LogP contribution >= 0.6 is 11.3 Å². The molecule has 4 nitrogen and oxygen atoms in total. The molecule has 0 aliphatic carbocycles. The van der Waals surface area contributed by atoms with E-state index in [0.717, 1.165) is 22.4 Å². The first-order valence-corrected chi connectivity index (χ1v) is 8.68. The van der Waals surface area contributed by atoms with Gasteiger partial charge in [-0.15, -0.1) is 0 Å². The smallest absolute Gasteiger partial charge is 0.188 e. The maximum absolute atomic E-state index is 4.47. The van der Waals surface area contributed by atoms with Crippen molar-refractivity contribution in [1.82, 2.24) is 15.3 Å². The lowest BCUT2D eigenvalue weighted by molar-refractivity contribution is 0.647. The number of anilines is 2. The predicted octanol–water partition coefficient (Wildman–Crippen LogP) is 4.37. The van der Waals surface area contributed by atoms with Crippen molar-refractivity contribution in [2.75, 3.05) is 11.9 Å². The molecule has 0 amide bonds. The largest absolute Gasteiger partial charge is 0.316 e. The van der Waals surface area contributed by atoms with E-state index in [4.69, 9.17) is 0 Å². The molecule has 1 saturated heterocycles. The number of nitrogens with one attached hydrogen (secondary N) is 2. The number of thiazole rings is 1. The van der Waals surface area contributed by atoms with Crippen molar-refractivity contribution in [3.05, 3.63) is 60.4 Å². The van der Waals surface area contributed by atoms with Gasteiger partial charge in [-0.1, -0.05) is 41.7 Å². The quantitative estimate of drug-likeness (QED) is 0.749. The minimum absolute atomic E-state index is 0.453. The molecule has 2 aromatic heterocycles. The van der Waals surface area contributed by atoms with Gasteiger partial charge in [-0.2, -0.15) is 0 Å². The average molecular weight is 322 g/mol. The topological polar surface area (TPSA) is 49.8 Å². The van der Waals surface area contributed by atoms with Gasteiger partial charge in [0.25, 0.3) is 0 Å². The molecule has 0 saturated carbocycles. The van der Waals surface area contributed by atoms with Crippen LogP contribution in [0.5, 0.6) is 0 Å². The Morgan fingerprint density at radius 3 is 2.87 bits per heavy atom. The number of hydrogen-bond donors (Lipinski definition) is 2. The van der Waals surface area contributed by atoms with Crippen LogP contribution in [-0.2, 0) is 0 Å². The van der Waals surface area contributed by atoms with Gasteiger partial charge in [0.15, 0.2) is 5.13 Å². The van der Waals surface area contributed by atoms with Crippen molar-refractivity contribution in [2.45, 2.75) is 18.9 Å². The van der Waals surface area contributed by atoms with Crippen molar-refractivity contribution in [1.29, 1.82) is 0 Å². The van der Waals surface area contributed by atoms with Gasteiger partial charge in [0.1, 0.15) is 5.82 Å². The standard InChI is InChI=1S/C18H18N4S/c1-2-5-13(6-3-1)16-12-21-18(23-16)22-17-11-14(8-10-20-17)15-7-4-9-19-15/h1-3,5-6,8,10-12,15,19H,4,7,9H2,(H,20,21,22). The molecule has 0 bridgehead atoms. The fraction of sp³-hybridized carbons (Fsp3) is 0.222. The molecule has 4 rings (SSSR count). The van der Waals surface area contributed by atoms with E-state index in [1.807, 2.05) is 30.6 Å². The zero-order valence-electron chi connectivity index (χ0n) is 12.7. The Labute approximate surface area is 139 Å². The first-order chi connectivity index (χ1) is 11.4. The summed E-state index contributed by atoms with van der Waals surface area (Å²) in [6.07, 6.45) is 6.20. The summed E-state index contributed by atoms with van der Waals surface area (Å²) < 4.78 is 0. The van der Waals surface area contributed by atoms with Crippen LogP contribution < -0.4 is 10.6 Å². The first kappa shape index (κ1) is 14.4. The highest BCUT2D eigenvalue weighted by atomic mass is 32.1. The highest BCUT2D eigenvalue weighted by molar-refractivity contribution is 7.18. The monoisotopic (exact) mass is 322 g/mol. The van der Waals surface area contributed by atoms with Gasteiger partial charge < -0.3 is 10.6 Å². The summed E-state index contributed by atoms with van der Waals surface area (Å²) >= 11 is 1.64. The van der Waals surface area contributed by atoms with Crippen LogP contribution in [0.3, 0.4) is 0 Å². The highest BCUT2D eigenvalue weighted by Crippen LogP contribution is 2.31. The molecule has 1 unspecified atom stereocenters. The molecule has 1 fully saturated rings. The number of benzene rings is 1. The molecule has 5 heteroatoms. The van der Waals surface area contributed by atoms with Gasteiger partial charge in [-0.05, 0) is 42.6 Å². The Morgan fingerprint density at radius 2 is 2.04 bits per heavy atom. The lowest BCUT2D eigenvalue weighted by Crippen LogP contribution is -2.13. The minimum atomic E-state index is 0.453. The van der Waals surface area contributed by atoms with Crippen LogP contribution in [0.2, 0.25) is 0 Å². The maximum Gasteiger partial charge on any atom is 0.188 e. The van der Waals surface area contributed by atoms with Crippen LogP contribution in [0.4, 0.5) is 10.9 Å². The van der Waals surface area contributed by atoms with E-state index in [1.54, 1.807) is 11.3 Å². The predicted molar refractivity (Wildman–Crippen MR) is 95.0 cm³/mol. The molecule has 3 aromatic rings. The SMILES string of the molecule is c1ccc(-c2cnc(Nc3cc(C4CCCN4)ccn3)s2)cc1. The number of rotatable bonds is 4. The van der Waals surface area contributed by atoms with Crippen molar-refractivity contribution >= 4 is 22.3 Å². The molecule has 0 spiro atoms. The molecule has 1 atom stereocenters. The van der Waals surface area contributed by atoms with Gasteiger partial charge in [0, 0.05) is 18.4 Å². The van der Waals surface area contributed by atoms with Gasteiger partial charge in [0.2, 0.25) is 0 Å². The lowest BCUT2D eigenvalue weighted by atomic mass is 10.1. The second-order valence-corrected chi connectivity index (χ2v) is 6.67. The second-order valence-electron chi connectivity index (χ2n) is 5.64. The third-order valence-electron chi connectivity index (χ3n) is 4.05. The number of nitrogens with zero attached hydrogens (tertiary/aromatic N) is 2. The second kappa shape index (κ2) is 6.48. The number of pyridine rings is 1. The van der Waals surface area contributed by atoms with Crippen LogP contribution in [-0.4, -0.2) is 16.5 Å². The fourth-order valence-electron chi connectivity index (χ4n) is 2.88.